The fourth-order valence-corrected chi connectivity index (χ4v) is 3.00. The molecule has 2 heterocycles. The zero-order valence-electron chi connectivity index (χ0n) is 12.9. The molecule has 0 spiro atoms. The fraction of sp³-hybridized carbons (Fsp3) is 0.312. The predicted molar refractivity (Wildman–Crippen MR) is 86.3 cm³/mol. The smallest absolute Gasteiger partial charge is 0.237 e. The third-order valence-corrected chi connectivity index (χ3v) is 4.55. The summed E-state index contributed by atoms with van der Waals surface area (Å²) < 4.78 is 7.32. The van der Waals surface area contributed by atoms with Crippen molar-refractivity contribution in [3.63, 3.8) is 0 Å². The van der Waals surface area contributed by atoms with Gasteiger partial charge in [-0.3, -0.25) is 4.57 Å². The van der Waals surface area contributed by atoms with E-state index in [4.69, 9.17) is 4.52 Å². The third kappa shape index (κ3) is 2.92. The molecule has 3 aromatic rings. The van der Waals surface area contributed by atoms with E-state index in [1.165, 1.54) is 11.1 Å². The molecule has 0 aliphatic rings. The van der Waals surface area contributed by atoms with Gasteiger partial charge < -0.3 is 4.52 Å². The topological polar surface area (TPSA) is 56.7 Å². The molecule has 0 unspecified atom stereocenters. The number of aryl methyl sites for hydroxylation is 2. The minimum absolute atomic E-state index is 0.620. The van der Waals surface area contributed by atoms with Crippen LogP contribution in [0.2, 0.25) is 0 Å². The Morgan fingerprint density at radius 1 is 1.27 bits per heavy atom. The van der Waals surface area contributed by atoms with Crippen LogP contribution in [0.15, 0.2) is 40.3 Å². The minimum Gasteiger partial charge on any atom is -0.338 e. The van der Waals surface area contributed by atoms with Crippen LogP contribution in [0.1, 0.15) is 29.8 Å². The van der Waals surface area contributed by atoms with Crippen molar-refractivity contribution in [3.05, 3.63) is 53.4 Å². The summed E-state index contributed by atoms with van der Waals surface area (Å²) in [5.41, 5.74) is 3.68. The lowest BCUT2D eigenvalue weighted by molar-refractivity contribution is 0.385. The van der Waals surface area contributed by atoms with Crippen molar-refractivity contribution in [1.29, 1.82) is 0 Å². The van der Waals surface area contributed by atoms with Crippen LogP contribution in [0.3, 0.4) is 0 Å². The second kappa shape index (κ2) is 6.36. The first-order chi connectivity index (χ1) is 10.7. The number of aromatic nitrogens is 4. The quantitative estimate of drug-likeness (QED) is 0.672. The molecule has 0 atom stereocenters. The predicted octanol–water partition coefficient (Wildman–Crippen LogP) is 3.73. The number of hydrogen-bond acceptors (Lipinski definition) is 5. The SMILES string of the molecule is CCc1noc(CSc2nccn2-c2cccc(C)c2C)n1. The second-order valence-corrected chi connectivity index (χ2v) is 5.99. The van der Waals surface area contributed by atoms with Crippen LogP contribution in [0.5, 0.6) is 0 Å². The van der Waals surface area contributed by atoms with Gasteiger partial charge in [-0.2, -0.15) is 4.98 Å². The highest BCUT2D eigenvalue weighted by Crippen LogP contribution is 2.26. The molecule has 3 rings (SSSR count). The van der Waals surface area contributed by atoms with Crippen LogP contribution in [-0.4, -0.2) is 19.7 Å². The highest BCUT2D eigenvalue weighted by Gasteiger charge is 2.11. The van der Waals surface area contributed by atoms with E-state index in [-0.39, 0.29) is 0 Å². The third-order valence-electron chi connectivity index (χ3n) is 3.59. The van der Waals surface area contributed by atoms with Gasteiger partial charge in [0, 0.05) is 18.8 Å². The van der Waals surface area contributed by atoms with E-state index in [2.05, 4.69) is 51.7 Å². The first-order valence-corrected chi connectivity index (χ1v) is 8.21. The molecule has 0 radical (unpaired) electrons. The summed E-state index contributed by atoms with van der Waals surface area (Å²) in [6, 6.07) is 6.29. The van der Waals surface area contributed by atoms with Gasteiger partial charge in [0.15, 0.2) is 11.0 Å². The Labute approximate surface area is 133 Å². The maximum atomic E-state index is 5.22. The maximum absolute atomic E-state index is 5.22. The molecule has 1 aromatic carbocycles. The van der Waals surface area contributed by atoms with Gasteiger partial charge in [-0.1, -0.05) is 36.0 Å². The molecule has 0 saturated heterocycles. The molecular formula is C16H18N4OS. The Bertz CT molecular complexity index is 778. The van der Waals surface area contributed by atoms with Crippen molar-refractivity contribution in [2.45, 2.75) is 38.1 Å². The van der Waals surface area contributed by atoms with Crippen LogP contribution in [0.4, 0.5) is 0 Å². The van der Waals surface area contributed by atoms with E-state index in [0.29, 0.717) is 11.6 Å². The summed E-state index contributed by atoms with van der Waals surface area (Å²) in [6.07, 6.45) is 4.58. The zero-order chi connectivity index (χ0) is 15.5. The first kappa shape index (κ1) is 14.8. The van der Waals surface area contributed by atoms with Crippen molar-refractivity contribution < 1.29 is 4.52 Å². The lowest BCUT2D eigenvalue weighted by atomic mass is 10.1. The van der Waals surface area contributed by atoms with E-state index in [1.807, 2.05) is 19.3 Å². The van der Waals surface area contributed by atoms with Gasteiger partial charge >= 0.3 is 0 Å². The van der Waals surface area contributed by atoms with Gasteiger partial charge in [0.25, 0.3) is 0 Å². The standard InChI is InChI=1S/C16H18N4OS/c1-4-14-18-15(21-19-14)10-22-16-17-8-9-20(16)13-7-5-6-11(2)12(13)3/h5-9H,4,10H2,1-3H3. The Kier molecular flexibility index (Phi) is 4.29. The number of nitrogens with zero attached hydrogens (tertiary/aromatic N) is 4. The summed E-state index contributed by atoms with van der Waals surface area (Å²) in [4.78, 5) is 8.77. The van der Waals surface area contributed by atoms with Gasteiger partial charge in [-0.25, -0.2) is 4.98 Å². The average Bonchev–Trinajstić information content (AvgIpc) is 3.16. The van der Waals surface area contributed by atoms with E-state index in [0.717, 1.165) is 23.1 Å². The summed E-state index contributed by atoms with van der Waals surface area (Å²) in [7, 11) is 0. The number of benzene rings is 1. The second-order valence-electron chi connectivity index (χ2n) is 5.05. The van der Waals surface area contributed by atoms with E-state index in [9.17, 15) is 0 Å². The average molecular weight is 314 g/mol. The van der Waals surface area contributed by atoms with Gasteiger partial charge in [0.1, 0.15) is 0 Å². The Hall–Kier alpha value is -2.08. The van der Waals surface area contributed by atoms with Crippen molar-refractivity contribution >= 4 is 11.8 Å². The number of thioether (sulfide) groups is 1. The van der Waals surface area contributed by atoms with E-state index >= 15 is 0 Å². The van der Waals surface area contributed by atoms with Crippen LogP contribution in [0.25, 0.3) is 5.69 Å². The van der Waals surface area contributed by atoms with Crippen LogP contribution < -0.4 is 0 Å². The maximum Gasteiger partial charge on any atom is 0.237 e. The molecule has 5 nitrogen and oxygen atoms in total. The van der Waals surface area contributed by atoms with Crippen LogP contribution >= 0.6 is 11.8 Å². The Morgan fingerprint density at radius 3 is 2.91 bits per heavy atom. The van der Waals surface area contributed by atoms with Crippen molar-refractivity contribution in [1.82, 2.24) is 19.7 Å². The van der Waals surface area contributed by atoms with E-state index < -0.39 is 0 Å². The molecule has 2 aromatic heterocycles. The minimum atomic E-state index is 0.620. The van der Waals surface area contributed by atoms with E-state index in [1.54, 1.807) is 11.8 Å². The number of imidazole rings is 1. The van der Waals surface area contributed by atoms with Crippen LogP contribution in [-0.2, 0) is 12.2 Å². The summed E-state index contributed by atoms with van der Waals surface area (Å²) in [5, 5.41) is 4.84. The van der Waals surface area contributed by atoms with Crippen molar-refractivity contribution in [2.24, 2.45) is 0 Å². The monoisotopic (exact) mass is 314 g/mol. The molecule has 0 N–H and O–H groups in total. The summed E-state index contributed by atoms with van der Waals surface area (Å²) in [5.74, 6) is 2.00. The highest BCUT2D eigenvalue weighted by molar-refractivity contribution is 7.98. The van der Waals surface area contributed by atoms with Gasteiger partial charge in [-0.15, -0.1) is 0 Å². The van der Waals surface area contributed by atoms with Crippen molar-refractivity contribution in [2.75, 3.05) is 0 Å². The molecule has 114 valence electrons. The first-order valence-electron chi connectivity index (χ1n) is 7.23. The van der Waals surface area contributed by atoms with Crippen molar-refractivity contribution in [3.8, 4) is 5.69 Å². The molecule has 0 fully saturated rings. The molecule has 0 amide bonds. The molecule has 0 aliphatic carbocycles. The molecule has 22 heavy (non-hydrogen) atoms. The van der Waals surface area contributed by atoms with Gasteiger partial charge in [0.2, 0.25) is 5.89 Å². The van der Waals surface area contributed by atoms with Gasteiger partial charge in [-0.05, 0) is 31.0 Å². The highest BCUT2D eigenvalue weighted by atomic mass is 32.2. The largest absolute Gasteiger partial charge is 0.338 e. The Balaban J connectivity index is 1.81. The Morgan fingerprint density at radius 2 is 2.14 bits per heavy atom. The lowest BCUT2D eigenvalue weighted by Crippen LogP contribution is -1.99. The molecule has 0 bridgehead atoms. The zero-order valence-corrected chi connectivity index (χ0v) is 13.7. The van der Waals surface area contributed by atoms with Crippen LogP contribution in [0, 0.1) is 13.8 Å². The number of hydrogen-bond donors (Lipinski definition) is 0. The summed E-state index contributed by atoms with van der Waals surface area (Å²) in [6.45, 7) is 6.26. The summed E-state index contributed by atoms with van der Waals surface area (Å²) >= 11 is 1.60. The normalized spacial score (nSPS) is 11.0. The fourth-order valence-electron chi connectivity index (χ4n) is 2.20. The van der Waals surface area contributed by atoms with Gasteiger partial charge in [0.05, 0.1) is 11.4 Å². The molecule has 0 saturated carbocycles. The molecule has 6 heteroatoms. The molecular weight excluding hydrogens is 296 g/mol. The lowest BCUT2D eigenvalue weighted by Gasteiger charge is -2.11. The molecule has 0 aliphatic heterocycles. The number of rotatable bonds is 5.